The zero-order valence-corrected chi connectivity index (χ0v) is 20.5. The van der Waals surface area contributed by atoms with Crippen molar-refractivity contribution in [2.75, 3.05) is 13.1 Å². The maximum atomic E-state index is 13.8. The van der Waals surface area contributed by atoms with Gasteiger partial charge < -0.3 is 9.64 Å². The fourth-order valence-electron chi connectivity index (χ4n) is 8.21. The van der Waals surface area contributed by atoms with E-state index in [9.17, 15) is 9.59 Å². The Morgan fingerprint density at radius 2 is 1.61 bits per heavy atom. The summed E-state index contributed by atoms with van der Waals surface area (Å²) in [5.41, 5.74) is 0.304. The molecule has 1 aliphatic heterocycles. The molecule has 0 radical (unpaired) electrons. The van der Waals surface area contributed by atoms with E-state index in [0.717, 1.165) is 58.0 Å². The number of rotatable bonds is 7. The van der Waals surface area contributed by atoms with Gasteiger partial charge in [0.2, 0.25) is 5.91 Å². The maximum absolute atomic E-state index is 13.8. The summed E-state index contributed by atoms with van der Waals surface area (Å²) in [5, 5.41) is 0. The van der Waals surface area contributed by atoms with Crippen LogP contribution < -0.4 is 0 Å². The summed E-state index contributed by atoms with van der Waals surface area (Å²) in [5.74, 6) is 2.69. The highest BCUT2D eigenvalue weighted by Gasteiger charge is 2.62. The van der Waals surface area contributed by atoms with Crippen molar-refractivity contribution in [1.82, 2.24) is 4.90 Å². The summed E-state index contributed by atoms with van der Waals surface area (Å²) in [4.78, 5) is 27.9. The fourth-order valence-corrected chi connectivity index (χ4v) is 8.21. The van der Waals surface area contributed by atoms with Gasteiger partial charge in [0.1, 0.15) is 6.10 Å². The van der Waals surface area contributed by atoms with E-state index in [2.05, 4.69) is 32.6 Å². The van der Waals surface area contributed by atoms with Gasteiger partial charge >= 0.3 is 5.97 Å². The average molecular weight is 432 g/mol. The highest BCUT2D eigenvalue weighted by molar-refractivity contribution is 5.80. The molecule has 0 aromatic carbocycles. The second-order valence-corrected chi connectivity index (χ2v) is 11.6. The van der Waals surface area contributed by atoms with E-state index in [0.29, 0.717) is 30.1 Å². The van der Waals surface area contributed by atoms with Crippen molar-refractivity contribution in [3.63, 3.8) is 0 Å². The first-order chi connectivity index (χ1) is 14.8. The number of fused-ring (bicyclic) bond motifs is 5. The highest BCUT2D eigenvalue weighted by atomic mass is 16.5. The largest absolute Gasteiger partial charge is 0.462 e. The van der Waals surface area contributed by atoms with Gasteiger partial charge in [0.05, 0.1) is 0 Å². The number of ether oxygens (including phenoxy) is 1. The van der Waals surface area contributed by atoms with Gasteiger partial charge in [-0.25, -0.2) is 0 Å². The molecule has 31 heavy (non-hydrogen) atoms. The first kappa shape index (κ1) is 23.1. The van der Waals surface area contributed by atoms with Crippen molar-refractivity contribution in [3.8, 4) is 0 Å². The Kier molecular flexibility index (Phi) is 6.75. The lowest BCUT2D eigenvalue weighted by molar-refractivity contribution is -0.192. The molecule has 1 amide bonds. The van der Waals surface area contributed by atoms with Crippen LogP contribution in [-0.4, -0.2) is 36.0 Å². The number of amides is 1. The van der Waals surface area contributed by atoms with E-state index in [1.807, 2.05) is 0 Å². The first-order valence-electron chi connectivity index (χ1n) is 13.3. The summed E-state index contributed by atoms with van der Waals surface area (Å²) in [6.45, 7) is 11.2. The van der Waals surface area contributed by atoms with Gasteiger partial charge in [0, 0.05) is 30.8 Å². The van der Waals surface area contributed by atoms with E-state index in [-0.39, 0.29) is 28.8 Å². The van der Waals surface area contributed by atoms with Gasteiger partial charge in [-0.05, 0) is 81.0 Å². The molecule has 4 nitrogen and oxygen atoms in total. The third kappa shape index (κ3) is 3.95. The van der Waals surface area contributed by atoms with Crippen molar-refractivity contribution in [2.45, 2.75) is 111 Å². The molecular formula is C27H45NO3. The molecule has 0 bridgehead atoms. The molecule has 4 fully saturated rings. The quantitative estimate of drug-likeness (QED) is 0.466. The number of unbranched alkanes of at least 4 members (excludes halogenated alkanes) is 2. The van der Waals surface area contributed by atoms with Crippen LogP contribution in [0.2, 0.25) is 0 Å². The number of esters is 1. The predicted octanol–water partition coefficient (Wildman–Crippen LogP) is 5.98. The third-order valence-electron chi connectivity index (χ3n) is 10.1. The van der Waals surface area contributed by atoms with Crippen molar-refractivity contribution < 1.29 is 14.3 Å². The van der Waals surface area contributed by atoms with Gasteiger partial charge in [-0.1, -0.05) is 40.5 Å². The standard InChI is InChI=1S/C27H45NO3/c1-5-7-17-28(18-8-6-2)25(30)22-11-10-20-19-9-12-23-27(4,16-14-24(29)31-23)21(19)13-15-26(20,22)3/h19-23H,5-18H2,1-4H3/t19?,20?,21?,22-,23-,26+,27-/m1/s1. The predicted molar refractivity (Wildman–Crippen MR) is 123 cm³/mol. The Balaban J connectivity index is 1.51. The normalized spacial score (nSPS) is 41.7. The number of carbonyl (C=O) groups is 2. The maximum Gasteiger partial charge on any atom is 0.306 e. The average Bonchev–Trinajstić information content (AvgIpc) is 3.11. The lowest BCUT2D eigenvalue weighted by Crippen LogP contribution is -2.57. The monoisotopic (exact) mass is 431 g/mol. The summed E-state index contributed by atoms with van der Waals surface area (Å²) < 4.78 is 5.84. The topological polar surface area (TPSA) is 46.6 Å². The van der Waals surface area contributed by atoms with Crippen LogP contribution in [0.5, 0.6) is 0 Å². The van der Waals surface area contributed by atoms with Crippen LogP contribution in [0, 0.1) is 34.5 Å². The van der Waals surface area contributed by atoms with E-state index < -0.39 is 0 Å². The van der Waals surface area contributed by atoms with Gasteiger partial charge in [0.25, 0.3) is 0 Å². The van der Waals surface area contributed by atoms with Crippen LogP contribution in [0.1, 0.15) is 105 Å². The summed E-state index contributed by atoms with van der Waals surface area (Å²) in [6.07, 6.45) is 13.1. The molecule has 7 atom stereocenters. The smallest absolute Gasteiger partial charge is 0.306 e. The van der Waals surface area contributed by atoms with Crippen molar-refractivity contribution in [1.29, 1.82) is 0 Å². The summed E-state index contributed by atoms with van der Waals surface area (Å²) >= 11 is 0. The van der Waals surface area contributed by atoms with E-state index in [1.54, 1.807) is 0 Å². The van der Waals surface area contributed by atoms with Crippen LogP contribution in [0.4, 0.5) is 0 Å². The van der Waals surface area contributed by atoms with Crippen LogP contribution >= 0.6 is 0 Å². The molecule has 176 valence electrons. The minimum Gasteiger partial charge on any atom is -0.462 e. The molecule has 0 aromatic heterocycles. The second-order valence-electron chi connectivity index (χ2n) is 11.6. The zero-order valence-electron chi connectivity index (χ0n) is 20.5. The van der Waals surface area contributed by atoms with Crippen molar-refractivity contribution in [3.05, 3.63) is 0 Å². The van der Waals surface area contributed by atoms with Gasteiger partial charge in [-0.15, -0.1) is 0 Å². The lowest BCUT2D eigenvalue weighted by atomic mass is 9.47. The number of carbonyl (C=O) groups excluding carboxylic acids is 2. The van der Waals surface area contributed by atoms with Gasteiger partial charge in [0.15, 0.2) is 0 Å². The summed E-state index contributed by atoms with van der Waals surface area (Å²) in [7, 11) is 0. The van der Waals surface area contributed by atoms with E-state index in [1.165, 1.54) is 25.7 Å². The molecule has 1 saturated heterocycles. The van der Waals surface area contributed by atoms with Gasteiger partial charge in [-0.2, -0.15) is 0 Å². The molecule has 0 aromatic rings. The van der Waals surface area contributed by atoms with Crippen LogP contribution in [0.3, 0.4) is 0 Å². The minimum atomic E-state index is 0.00681. The molecule has 1 heterocycles. The van der Waals surface area contributed by atoms with Crippen molar-refractivity contribution >= 4 is 11.9 Å². The Hall–Kier alpha value is -1.06. The van der Waals surface area contributed by atoms with E-state index in [4.69, 9.17) is 4.74 Å². The van der Waals surface area contributed by atoms with Crippen molar-refractivity contribution in [2.24, 2.45) is 34.5 Å². The first-order valence-corrected chi connectivity index (χ1v) is 13.3. The lowest BCUT2D eigenvalue weighted by Gasteiger charge is -2.59. The van der Waals surface area contributed by atoms with Crippen LogP contribution in [0.15, 0.2) is 0 Å². The Bertz CT molecular complexity index is 669. The minimum absolute atomic E-state index is 0.00681. The zero-order chi connectivity index (χ0) is 22.2. The molecule has 4 aliphatic rings. The number of nitrogens with zero attached hydrogens (tertiary/aromatic N) is 1. The molecule has 3 aliphatic carbocycles. The SMILES string of the molecule is CCCCN(CCCC)C(=O)[C@H]1CCC2C3CC[C@H]4OC(=O)CC[C@]4(C)C3CC[C@@]21C. The Morgan fingerprint density at radius 1 is 0.935 bits per heavy atom. The molecular weight excluding hydrogens is 386 g/mol. The fraction of sp³-hybridized carbons (Fsp3) is 0.926. The molecule has 4 heteroatoms. The molecule has 0 N–H and O–H groups in total. The third-order valence-corrected chi connectivity index (χ3v) is 10.1. The summed E-state index contributed by atoms with van der Waals surface area (Å²) in [6, 6.07) is 0. The van der Waals surface area contributed by atoms with Gasteiger partial charge in [-0.3, -0.25) is 9.59 Å². The number of hydrogen-bond donors (Lipinski definition) is 0. The highest BCUT2D eigenvalue weighted by Crippen LogP contribution is 2.66. The van der Waals surface area contributed by atoms with Crippen LogP contribution in [0.25, 0.3) is 0 Å². The van der Waals surface area contributed by atoms with E-state index >= 15 is 0 Å². The second kappa shape index (κ2) is 9.06. The Morgan fingerprint density at radius 3 is 2.29 bits per heavy atom. The van der Waals surface area contributed by atoms with Crippen LogP contribution in [-0.2, 0) is 14.3 Å². The molecule has 0 spiro atoms. The molecule has 3 saturated carbocycles. The molecule has 3 unspecified atom stereocenters. The Labute approximate surface area is 189 Å². The molecule has 4 rings (SSSR count). The number of hydrogen-bond acceptors (Lipinski definition) is 3.